The van der Waals surface area contributed by atoms with Gasteiger partial charge in [-0.25, -0.2) is 16.8 Å². The summed E-state index contributed by atoms with van der Waals surface area (Å²) in [4.78, 5) is 6.22. The van der Waals surface area contributed by atoms with Crippen LogP contribution in [0, 0.1) is 0 Å². The van der Waals surface area contributed by atoms with Crippen LogP contribution >= 0.6 is 46.4 Å². The van der Waals surface area contributed by atoms with E-state index in [1.807, 2.05) is 28.0 Å². The molecule has 3 fully saturated rings. The van der Waals surface area contributed by atoms with Crippen molar-refractivity contribution in [2.24, 2.45) is 0 Å². The first-order chi connectivity index (χ1) is 20.6. The number of fused-ring (bicyclic) bond motifs is 2. The Labute approximate surface area is 282 Å². The summed E-state index contributed by atoms with van der Waals surface area (Å²) in [6.07, 6.45) is 10.8. The number of hydrogen-bond donors (Lipinski definition) is 0. The minimum absolute atomic E-state index is 0.0181. The van der Waals surface area contributed by atoms with E-state index >= 15 is 0 Å². The third-order valence-corrected chi connectivity index (χ3v) is 12.7. The summed E-state index contributed by atoms with van der Waals surface area (Å²) in [6, 6.07) is -0.149. The van der Waals surface area contributed by atoms with Crippen LogP contribution in [0.3, 0.4) is 0 Å². The zero-order valence-electron chi connectivity index (χ0n) is 25.1. The maximum atomic E-state index is 11.7. The predicted octanol–water partition coefficient (Wildman–Crippen LogP) is 3.52. The van der Waals surface area contributed by atoms with Crippen molar-refractivity contribution in [3.8, 4) is 0 Å². The van der Waals surface area contributed by atoms with Crippen LogP contribution in [0.5, 0.6) is 0 Å². The molecule has 8 atom stereocenters. The number of halogens is 4. The van der Waals surface area contributed by atoms with Crippen LogP contribution in [0.25, 0.3) is 0 Å². The summed E-state index contributed by atoms with van der Waals surface area (Å²) in [5.41, 5.74) is 0. The number of hydrogen-bond acceptors (Lipinski definition) is 9. The fourth-order valence-electron chi connectivity index (χ4n) is 7.21. The molecule has 2 aliphatic heterocycles. The van der Waals surface area contributed by atoms with Crippen molar-refractivity contribution >= 4 is 72.5 Å². The van der Waals surface area contributed by atoms with E-state index in [0.717, 1.165) is 37.5 Å². The molecule has 4 aliphatic rings. The first kappa shape index (κ1) is 36.4. The van der Waals surface area contributed by atoms with Crippen LogP contribution in [0.1, 0.15) is 58.8 Å². The van der Waals surface area contributed by atoms with Crippen molar-refractivity contribution in [2.75, 3.05) is 37.7 Å². The Kier molecular flexibility index (Phi) is 12.5. The third-order valence-electron chi connectivity index (χ3n) is 9.19. The van der Waals surface area contributed by atoms with Crippen LogP contribution in [0.15, 0.2) is 24.0 Å². The zero-order valence-corrected chi connectivity index (χ0v) is 29.8. The summed E-state index contributed by atoms with van der Waals surface area (Å²) in [5.74, 6) is 0.535. The topological polar surface area (TPSA) is 127 Å². The fraction of sp³-hybridized carbons (Fsp3) is 0.821. The van der Waals surface area contributed by atoms with Gasteiger partial charge in [0.15, 0.2) is 0 Å². The fourth-order valence-corrected chi connectivity index (χ4v) is 9.19. The van der Waals surface area contributed by atoms with Gasteiger partial charge in [-0.15, -0.1) is 46.4 Å². The molecule has 0 amide bonds. The van der Waals surface area contributed by atoms with Gasteiger partial charge in [-0.05, 0) is 31.8 Å². The second-order valence-electron chi connectivity index (χ2n) is 12.2. The Morgan fingerprint density at radius 2 is 1.25 bits per heavy atom. The Balaban J connectivity index is 1.74. The van der Waals surface area contributed by atoms with Gasteiger partial charge in [0.25, 0.3) is 5.84 Å². The van der Waals surface area contributed by atoms with E-state index in [1.165, 1.54) is 0 Å². The number of rotatable bonds is 13. The largest absolute Gasteiger partial charge is 0.748 e. The minimum atomic E-state index is -4.45. The van der Waals surface area contributed by atoms with E-state index in [2.05, 4.69) is 23.3 Å². The van der Waals surface area contributed by atoms with Crippen molar-refractivity contribution in [1.29, 1.82) is 0 Å². The molecule has 10 nitrogen and oxygen atoms in total. The Morgan fingerprint density at radius 3 is 1.77 bits per heavy atom. The van der Waals surface area contributed by atoms with E-state index in [-0.39, 0.29) is 58.8 Å². The Morgan fingerprint density at radius 1 is 0.750 bits per heavy atom. The molecule has 44 heavy (non-hydrogen) atoms. The normalized spacial score (nSPS) is 34.0. The van der Waals surface area contributed by atoms with Crippen molar-refractivity contribution in [1.82, 2.24) is 14.7 Å². The van der Waals surface area contributed by atoms with Crippen LogP contribution in [0.2, 0.25) is 0 Å². The van der Waals surface area contributed by atoms with Gasteiger partial charge >= 0.3 is 0 Å². The molecule has 2 saturated carbocycles. The average molecular weight is 738 g/mol. The standard InChI is InChI=1S/C28H44Cl4N4O6S2/c1-3-5-10-34-24-16-20(30)22(32)18-26(24)36(12-14-44(40,41)42)28(34)8-6-7-27-33(9-4-2)23-15-19(29)21(31)17-25(23)35(27)11-13-43(37,38)39/h6-8,19-26H,3-5,9-18H2,1-2H3,(H-,37,38,39,40,41,42)/p-1. The van der Waals surface area contributed by atoms with E-state index in [4.69, 9.17) is 46.4 Å². The van der Waals surface area contributed by atoms with Gasteiger partial charge in [0.1, 0.15) is 17.9 Å². The van der Waals surface area contributed by atoms with Crippen LogP contribution in [-0.4, -0.2) is 134 Å². The molecule has 2 heterocycles. The van der Waals surface area contributed by atoms with Crippen molar-refractivity contribution < 1.29 is 30.5 Å². The molecule has 8 unspecified atom stereocenters. The molecule has 0 bridgehead atoms. The molecule has 0 aromatic heterocycles. The van der Waals surface area contributed by atoms with Gasteiger partial charge in [0, 0.05) is 32.0 Å². The molecular formula is C28H43Cl4N4O6S2-. The highest BCUT2D eigenvalue weighted by Crippen LogP contribution is 2.42. The highest BCUT2D eigenvalue weighted by atomic mass is 35.5. The van der Waals surface area contributed by atoms with Crippen LogP contribution in [0.4, 0.5) is 0 Å². The molecule has 2 aliphatic carbocycles. The van der Waals surface area contributed by atoms with Gasteiger partial charge in [0.05, 0.1) is 78.4 Å². The first-order valence-electron chi connectivity index (χ1n) is 15.4. The Bertz CT molecular complexity index is 1330. The quantitative estimate of drug-likeness (QED) is 0.159. The van der Waals surface area contributed by atoms with Gasteiger partial charge in [-0.2, -0.15) is 0 Å². The Hall–Kier alpha value is -0.470. The highest BCUT2D eigenvalue weighted by Gasteiger charge is 2.52. The molecule has 1 saturated heterocycles. The van der Waals surface area contributed by atoms with Crippen molar-refractivity contribution in [3.05, 3.63) is 24.0 Å². The smallest absolute Gasteiger partial charge is 0.272 e. The van der Waals surface area contributed by atoms with Gasteiger partial charge in [-0.3, -0.25) is 9.48 Å². The summed E-state index contributed by atoms with van der Waals surface area (Å²) in [7, 11) is -8.91. The zero-order chi connectivity index (χ0) is 32.4. The summed E-state index contributed by atoms with van der Waals surface area (Å²) >= 11 is 26.4. The molecule has 0 aromatic carbocycles. The van der Waals surface area contributed by atoms with Crippen LogP contribution < -0.4 is 0 Å². The second-order valence-corrected chi connectivity index (χ2v) is 17.5. The van der Waals surface area contributed by atoms with Gasteiger partial charge in [0.2, 0.25) is 0 Å². The van der Waals surface area contributed by atoms with E-state index in [1.54, 1.807) is 0 Å². The lowest BCUT2D eigenvalue weighted by molar-refractivity contribution is -0.561. The third kappa shape index (κ3) is 8.70. The van der Waals surface area contributed by atoms with E-state index < -0.39 is 31.7 Å². The first-order valence-corrected chi connectivity index (χ1v) is 20.3. The highest BCUT2D eigenvalue weighted by molar-refractivity contribution is 7.85. The lowest BCUT2D eigenvalue weighted by Crippen LogP contribution is -2.49. The lowest BCUT2D eigenvalue weighted by Gasteiger charge is -2.37. The van der Waals surface area contributed by atoms with Gasteiger partial charge < -0.3 is 18.9 Å². The summed E-state index contributed by atoms with van der Waals surface area (Å²) in [6.45, 7) is 5.69. The number of unbranched alkanes of at least 4 members (excludes halogenated alkanes) is 1. The average Bonchev–Trinajstić information content (AvgIpc) is 3.35. The summed E-state index contributed by atoms with van der Waals surface area (Å²) < 4.78 is 72.2. The number of nitrogens with zero attached hydrogens (tertiary/aromatic N) is 4. The molecule has 0 aromatic rings. The van der Waals surface area contributed by atoms with Crippen molar-refractivity contribution in [2.45, 2.75) is 104 Å². The number of allylic oxidation sites excluding steroid dienone is 2. The van der Waals surface area contributed by atoms with E-state index in [9.17, 15) is 25.9 Å². The maximum absolute atomic E-state index is 11.7. The lowest BCUT2D eigenvalue weighted by atomic mass is 9.89. The number of amidine groups is 1. The molecule has 4 rings (SSSR count). The minimum Gasteiger partial charge on any atom is -0.748 e. The van der Waals surface area contributed by atoms with Gasteiger partial charge in [-0.1, -0.05) is 26.3 Å². The second kappa shape index (κ2) is 15.2. The summed E-state index contributed by atoms with van der Waals surface area (Å²) in [5, 5.41) is -1.03. The van der Waals surface area contributed by atoms with Crippen molar-refractivity contribution in [3.63, 3.8) is 0 Å². The maximum Gasteiger partial charge on any atom is 0.272 e. The predicted molar refractivity (Wildman–Crippen MR) is 174 cm³/mol. The molecule has 252 valence electrons. The SMILES string of the molecule is CCCCN1C(=CC=CC2=[N+](CCC)C3CC(Cl)C(Cl)CC3N2CCS(=O)(=O)[O-])N(CCS(=O)(=O)[O-])C2CC(Cl)C(Cl)CC21. The van der Waals surface area contributed by atoms with Crippen LogP contribution in [-0.2, 0) is 20.2 Å². The van der Waals surface area contributed by atoms with E-state index in [0.29, 0.717) is 32.2 Å². The monoisotopic (exact) mass is 735 g/mol. The molecule has 0 radical (unpaired) electrons. The molecule has 0 N–H and O–H groups in total. The molecule has 16 heteroatoms. The molecule has 0 spiro atoms. The number of alkyl halides is 4. The molecular weight excluding hydrogens is 694 g/mol.